The Hall–Kier alpha value is -1.59. The fourth-order valence-electron chi connectivity index (χ4n) is 2.27. The molecule has 4 nitrogen and oxygen atoms in total. The Balaban J connectivity index is 2.10. The lowest BCUT2D eigenvalue weighted by molar-refractivity contribution is 0.245. The molecule has 0 aliphatic heterocycles. The SMILES string of the molecule is CC(C)Oc1cccc2c1nc(CCl)n2Cc1cscn1. The molecule has 0 N–H and O–H groups in total. The third-order valence-electron chi connectivity index (χ3n) is 3.11. The highest BCUT2D eigenvalue weighted by Gasteiger charge is 2.15. The van der Waals surface area contributed by atoms with Crippen molar-refractivity contribution in [2.24, 2.45) is 0 Å². The van der Waals surface area contributed by atoms with Crippen molar-refractivity contribution in [1.29, 1.82) is 0 Å². The number of para-hydroxylation sites is 1. The molecule has 6 heteroatoms. The molecule has 2 heterocycles. The van der Waals surface area contributed by atoms with Gasteiger partial charge in [0.1, 0.15) is 17.1 Å². The second kappa shape index (κ2) is 6.03. The molecule has 0 fully saturated rings. The first kappa shape index (κ1) is 14.4. The van der Waals surface area contributed by atoms with E-state index in [2.05, 4.69) is 14.5 Å². The van der Waals surface area contributed by atoms with Gasteiger partial charge < -0.3 is 9.30 Å². The number of halogens is 1. The zero-order valence-electron chi connectivity index (χ0n) is 11.9. The number of fused-ring (bicyclic) bond motifs is 1. The second-order valence-electron chi connectivity index (χ2n) is 5.02. The zero-order chi connectivity index (χ0) is 14.8. The van der Waals surface area contributed by atoms with Crippen LogP contribution < -0.4 is 4.74 Å². The number of alkyl halides is 1. The molecule has 0 spiro atoms. The molecule has 2 aromatic heterocycles. The molecule has 110 valence electrons. The van der Waals surface area contributed by atoms with Gasteiger partial charge in [0.05, 0.1) is 35.2 Å². The van der Waals surface area contributed by atoms with E-state index in [0.29, 0.717) is 12.4 Å². The molecule has 0 saturated heterocycles. The van der Waals surface area contributed by atoms with E-state index in [4.69, 9.17) is 16.3 Å². The highest BCUT2D eigenvalue weighted by molar-refractivity contribution is 7.07. The summed E-state index contributed by atoms with van der Waals surface area (Å²) in [4.78, 5) is 8.99. The van der Waals surface area contributed by atoms with Gasteiger partial charge in [0.25, 0.3) is 0 Å². The molecule has 0 unspecified atom stereocenters. The number of nitrogens with zero attached hydrogens (tertiary/aromatic N) is 3. The number of hydrogen-bond donors (Lipinski definition) is 0. The van der Waals surface area contributed by atoms with Gasteiger partial charge in [-0.3, -0.25) is 0 Å². The molecule has 0 amide bonds. The first-order valence-electron chi connectivity index (χ1n) is 6.77. The van der Waals surface area contributed by atoms with Gasteiger partial charge in [-0.1, -0.05) is 6.07 Å². The number of benzene rings is 1. The number of ether oxygens (including phenoxy) is 1. The lowest BCUT2D eigenvalue weighted by Crippen LogP contribution is -2.06. The Bertz CT molecular complexity index is 737. The molecule has 3 aromatic rings. The Morgan fingerprint density at radius 2 is 2.24 bits per heavy atom. The van der Waals surface area contributed by atoms with E-state index in [1.807, 2.05) is 42.9 Å². The molecule has 0 atom stereocenters. The van der Waals surface area contributed by atoms with Gasteiger partial charge >= 0.3 is 0 Å². The van der Waals surface area contributed by atoms with E-state index >= 15 is 0 Å². The van der Waals surface area contributed by atoms with Crippen molar-refractivity contribution >= 4 is 34.0 Å². The predicted octanol–water partition coefficient (Wildman–Crippen LogP) is 4.07. The topological polar surface area (TPSA) is 39.9 Å². The minimum atomic E-state index is 0.110. The first-order valence-corrected chi connectivity index (χ1v) is 8.24. The third-order valence-corrected chi connectivity index (χ3v) is 3.98. The summed E-state index contributed by atoms with van der Waals surface area (Å²) in [5.74, 6) is 1.99. The van der Waals surface area contributed by atoms with E-state index in [1.165, 1.54) is 0 Å². The number of imidazole rings is 1. The molecule has 3 rings (SSSR count). The fraction of sp³-hybridized carbons (Fsp3) is 0.333. The Morgan fingerprint density at radius 1 is 1.38 bits per heavy atom. The zero-order valence-corrected chi connectivity index (χ0v) is 13.5. The third kappa shape index (κ3) is 2.89. The van der Waals surface area contributed by atoms with Crippen LogP contribution in [0.1, 0.15) is 25.4 Å². The van der Waals surface area contributed by atoms with Crippen molar-refractivity contribution in [2.75, 3.05) is 0 Å². The number of thiazole rings is 1. The molecule has 0 bridgehead atoms. The quantitative estimate of drug-likeness (QED) is 0.665. The molecule has 1 aromatic carbocycles. The molecule has 0 aliphatic rings. The average Bonchev–Trinajstić information content (AvgIpc) is 3.07. The molecular formula is C15H16ClN3OS. The summed E-state index contributed by atoms with van der Waals surface area (Å²) in [6.45, 7) is 4.69. The highest BCUT2D eigenvalue weighted by Crippen LogP contribution is 2.28. The normalized spacial score (nSPS) is 11.4. The highest BCUT2D eigenvalue weighted by atomic mass is 35.5. The largest absolute Gasteiger partial charge is 0.489 e. The van der Waals surface area contributed by atoms with Crippen LogP contribution in [0.4, 0.5) is 0 Å². The van der Waals surface area contributed by atoms with E-state index in [9.17, 15) is 0 Å². The van der Waals surface area contributed by atoms with Crippen molar-refractivity contribution in [3.8, 4) is 5.75 Å². The summed E-state index contributed by atoms with van der Waals surface area (Å²) in [5.41, 5.74) is 4.73. The van der Waals surface area contributed by atoms with Crippen molar-refractivity contribution in [3.05, 3.63) is 40.6 Å². The average molecular weight is 322 g/mol. The molecule has 21 heavy (non-hydrogen) atoms. The lowest BCUT2D eigenvalue weighted by atomic mass is 10.3. The van der Waals surface area contributed by atoms with Crippen LogP contribution in [0.5, 0.6) is 5.75 Å². The van der Waals surface area contributed by atoms with Crippen LogP contribution in [0.2, 0.25) is 0 Å². The predicted molar refractivity (Wildman–Crippen MR) is 86.3 cm³/mol. The van der Waals surface area contributed by atoms with Crippen molar-refractivity contribution in [1.82, 2.24) is 14.5 Å². The van der Waals surface area contributed by atoms with Crippen LogP contribution in [0.25, 0.3) is 11.0 Å². The van der Waals surface area contributed by atoms with Crippen molar-refractivity contribution in [2.45, 2.75) is 32.4 Å². The number of aromatic nitrogens is 3. The Morgan fingerprint density at radius 3 is 2.90 bits per heavy atom. The second-order valence-corrected chi connectivity index (χ2v) is 6.00. The van der Waals surface area contributed by atoms with Crippen LogP contribution in [0.15, 0.2) is 29.1 Å². The van der Waals surface area contributed by atoms with Gasteiger partial charge in [-0.2, -0.15) is 0 Å². The summed E-state index contributed by atoms with van der Waals surface area (Å²) >= 11 is 7.65. The van der Waals surface area contributed by atoms with Gasteiger partial charge in [0.2, 0.25) is 0 Å². The monoisotopic (exact) mass is 321 g/mol. The number of rotatable bonds is 5. The summed E-state index contributed by atoms with van der Waals surface area (Å²) < 4.78 is 7.94. The smallest absolute Gasteiger partial charge is 0.147 e. The lowest BCUT2D eigenvalue weighted by Gasteiger charge is -2.10. The van der Waals surface area contributed by atoms with Crippen LogP contribution in [-0.2, 0) is 12.4 Å². The maximum Gasteiger partial charge on any atom is 0.147 e. The van der Waals surface area contributed by atoms with Gasteiger partial charge in [0.15, 0.2) is 0 Å². The van der Waals surface area contributed by atoms with E-state index in [0.717, 1.165) is 28.3 Å². The van der Waals surface area contributed by atoms with E-state index in [-0.39, 0.29) is 6.10 Å². The Kier molecular flexibility index (Phi) is 4.12. The van der Waals surface area contributed by atoms with Gasteiger partial charge in [-0.05, 0) is 26.0 Å². The van der Waals surface area contributed by atoms with Gasteiger partial charge in [0, 0.05) is 5.38 Å². The van der Waals surface area contributed by atoms with Crippen LogP contribution >= 0.6 is 22.9 Å². The first-order chi connectivity index (χ1) is 10.2. The summed E-state index contributed by atoms with van der Waals surface area (Å²) in [6.07, 6.45) is 0.110. The minimum absolute atomic E-state index is 0.110. The molecule has 0 radical (unpaired) electrons. The van der Waals surface area contributed by atoms with Crippen LogP contribution in [0.3, 0.4) is 0 Å². The molecule has 0 saturated carbocycles. The Labute approximate surface area is 132 Å². The summed E-state index contributed by atoms with van der Waals surface area (Å²) in [5, 5.41) is 2.04. The number of hydrogen-bond acceptors (Lipinski definition) is 4. The molecular weight excluding hydrogens is 306 g/mol. The van der Waals surface area contributed by atoms with Crippen molar-refractivity contribution in [3.63, 3.8) is 0 Å². The maximum absolute atomic E-state index is 6.06. The molecule has 0 aliphatic carbocycles. The maximum atomic E-state index is 6.06. The van der Waals surface area contributed by atoms with E-state index < -0.39 is 0 Å². The van der Waals surface area contributed by atoms with Crippen LogP contribution in [0, 0.1) is 0 Å². The van der Waals surface area contributed by atoms with E-state index in [1.54, 1.807) is 11.3 Å². The summed E-state index contributed by atoms with van der Waals surface area (Å²) in [6, 6.07) is 5.97. The minimum Gasteiger partial charge on any atom is -0.489 e. The van der Waals surface area contributed by atoms with Crippen molar-refractivity contribution < 1.29 is 4.74 Å². The summed E-state index contributed by atoms with van der Waals surface area (Å²) in [7, 11) is 0. The van der Waals surface area contributed by atoms with Gasteiger partial charge in [-0.15, -0.1) is 22.9 Å². The fourth-order valence-corrected chi connectivity index (χ4v) is 3.03. The van der Waals surface area contributed by atoms with Gasteiger partial charge in [-0.25, -0.2) is 9.97 Å². The standard InChI is InChI=1S/C15H16ClN3OS/c1-10(2)20-13-5-3-4-12-15(13)18-14(6-16)19(12)7-11-8-21-9-17-11/h3-5,8-10H,6-7H2,1-2H3. The van der Waals surface area contributed by atoms with Crippen LogP contribution in [-0.4, -0.2) is 20.6 Å².